The highest BCUT2D eigenvalue weighted by atomic mass is 79.9. The first-order valence-corrected chi connectivity index (χ1v) is 10.7. The van der Waals surface area contributed by atoms with Gasteiger partial charge in [-0.2, -0.15) is 5.10 Å². The smallest absolute Gasteiger partial charge is 0.197 e. The topological polar surface area (TPSA) is 74.4 Å². The standard InChI is InChI=1S/C22H19BrFN5O2/c1-30-18-9-19-25-11-17(21-16(24)10-26-22(23)27-21)29(19)28-20(18)14-7-15(8-14)31-12-13-5-3-2-4-6-13/h2-6,9-11,14-15H,7-8,12H2,1H3. The van der Waals surface area contributed by atoms with Crippen LogP contribution in [-0.4, -0.2) is 37.8 Å². The maximum absolute atomic E-state index is 14.4. The van der Waals surface area contributed by atoms with Crippen molar-refractivity contribution >= 4 is 21.6 Å². The second-order valence-corrected chi connectivity index (χ2v) is 8.14. The summed E-state index contributed by atoms with van der Waals surface area (Å²) in [7, 11) is 1.62. The number of hydrogen-bond donors (Lipinski definition) is 0. The van der Waals surface area contributed by atoms with Crippen LogP contribution in [0.25, 0.3) is 17.0 Å². The van der Waals surface area contributed by atoms with Gasteiger partial charge in [-0.25, -0.2) is 23.9 Å². The summed E-state index contributed by atoms with van der Waals surface area (Å²) < 4.78 is 27.9. The van der Waals surface area contributed by atoms with Crippen molar-refractivity contribution in [1.29, 1.82) is 0 Å². The van der Waals surface area contributed by atoms with E-state index in [9.17, 15) is 4.39 Å². The highest BCUT2D eigenvalue weighted by Crippen LogP contribution is 2.42. The molecule has 1 aliphatic carbocycles. The van der Waals surface area contributed by atoms with Gasteiger partial charge in [-0.3, -0.25) is 0 Å². The summed E-state index contributed by atoms with van der Waals surface area (Å²) in [5.74, 6) is 0.319. The molecule has 0 radical (unpaired) electrons. The lowest BCUT2D eigenvalue weighted by Crippen LogP contribution is -2.31. The fourth-order valence-corrected chi connectivity index (χ4v) is 4.04. The molecule has 3 heterocycles. The van der Waals surface area contributed by atoms with E-state index < -0.39 is 5.82 Å². The first kappa shape index (κ1) is 20.0. The van der Waals surface area contributed by atoms with Crippen molar-refractivity contribution in [2.45, 2.75) is 31.5 Å². The van der Waals surface area contributed by atoms with Gasteiger partial charge in [0, 0.05) is 12.0 Å². The van der Waals surface area contributed by atoms with Crippen LogP contribution in [0, 0.1) is 5.82 Å². The van der Waals surface area contributed by atoms with Gasteiger partial charge in [-0.05, 0) is 34.3 Å². The van der Waals surface area contributed by atoms with Crippen molar-refractivity contribution in [3.05, 3.63) is 70.6 Å². The van der Waals surface area contributed by atoms with Crippen LogP contribution in [0.4, 0.5) is 4.39 Å². The molecule has 0 spiro atoms. The molecular formula is C22H19BrFN5O2. The van der Waals surface area contributed by atoms with E-state index in [1.165, 1.54) is 0 Å². The predicted octanol–water partition coefficient (Wildman–Crippen LogP) is 4.56. The van der Waals surface area contributed by atoms with Crippen LogP contribution < -0.4 is 4.74 Å². The van der Waals surface area contributed by atoms with Gasteiger partial charge >= 0.3 is 0 Å². The molecule has 3 aromatic heterocycles. The SMILES string of the molecule is COc1cc2ncc(-c3nc(Br)ncc3F)n2nc1C1CC(OCc2ccccc2)C1. The number of ether oxygens (including phenoxy) is 2. The zero-order valence-electron chi connectivity index (χ0n) is 16.7. The molecule has 0 atom stereocenters. The van der Waals surface area contributed by atoms with Crippen molar-refractivity contribution < 1.29 is 13.9 Å². The second kappa shape index (κ2) is 8.32. The van der Waals surface area contributed by atoms with Crippen LogP contribution >= 0.6 is 15.9 Å². The lowest BCUT2D eigenvalue weighted by atomic mass is 9.79. The number of benzene rings is 1. The molecule has 0 bridgehead atoms. The number of fused-ring (bicyclic) bond motifs is 1. The fraction of sp³-hybridized carbons (Fsp3) is 0.273. The molecule has 5 rings (SSSR count). The van der Waals surface area contributed by atoms with E-state index in [0.29, 0.717) is 28.4 Å². The second-order valence-electron chi connectivity index (χ2n) is 7.43. The van der Waals surface area contributed by atoms with Crippen LogP contribution in [0.5, 0.6) is 5.75 Å². The number of rotatable bonds is 6. The van der Waals surface area contributed by atoms with Gasteiger partial charge in [0.1, 0.15) is 22.8 Å². The molecule has 0 N–H and O–H groups in total. The largest absolute Gasteiger partial charge is 0.495 e. The van der Waals surface area contributed by atoms with Crippen molar-refractivity contribution in [2.75, 3.05) is 7.11 Å². The molecule has 31 heavy (non-hydrogen) atoms. The minimum Gasteiger partial charge on any atom is -0.495 e. The number of halogens is 2. The highest BCUT2D eigenvalue weighted by molar-refractivity contribution is 9.10. The van der Waals surface area contributed by atoms with E-state index in [1.54, 1.807) is 17.8 Å². The third-order valence-corrected chi connectivity index (χ3v) is 5.85. The van der Waals surface area contributed by atoms with Gasteiger partial charge in [-0.1, -0.05) is 30.3 Å². The van der Waals surface area contributed by atoms with E-state index in [1.807, 2.05) is 24.3 Å². The Labute approximate surface area is 186 Å². The summed E-state index contributed by atoms with van der Waals surface area (Å²) in [4.78, 5) is 12.3. The van der Waals surface area contributed by atoms with Crippen molar-refractivity contribution in [3.63, 3.8) is 0 Å². The van der Waals surface area contributed by atoms with Crippen molar-refractivity contribution in [1.82, 2.24) is 24.6 Å². The Morgan fingerprint density at radius 1 is 1.16 bits per heavy atom. The van der Waals surface area contributed by atoms with Gasteiger partial charge in [-0.15, -0.1) is 0 Å². The number of methoxy groups -OCH3 is 1. The summed E-state index contributed by atoms with van der Waals surface area (Å²) in [5.41, 5.74) is 3.11. The molecule has 1 fully saturated rings. The summed E-state index contributed by atoms with van der Waals surface area (Å²) >= 11 is 3.19. The molecule has 1 aliphatic rings. The quantitative estimate of drug-likeness (QED) is 0.374. The molecule has 0 saturated heterocycles. The minimum atomic E-state index is -0.540. The van der Waals surface area contributed by atoms with Gasteiger partial charge in [0.05, 0.1) is 32.2 Å². The summed E-state index contributed by atoms with van der Waals surface area (Å²) in [6, 6.07) is 11.9. The maximum Gasteiger partial charge on any atom is 0.197 e. The fourth-order valence-electron chi connectivity index (χ4n) is 3.76. The number of aromatic nitrogens is 5. The normalized spacial score (nSPS) is 18.2. The van der Waals surface area contributed by atoms with Crippen LogP contribution in [0.15, 0.2) is 53.5 Å². The minimum absolute atomic E-state index is 0.135. The highest BCUT2D eigenvalue weighted by Gasteiger charge is 2.35. The maximum atomic E-state index is 14.4. The zero-order valence-corrected chi connectivity index (χ0v) is 18.3. The van der Waals surface area contributed by atoms with Gasteiger partial charge in [0.25, 0.3) is 0 Å². The number of nitrogens with zero attached hydrogens (tertiary/aromatic N) is 5. The van der Waals surface area contributed by atoms with E-state index in [2.05, 4.69) is 43.0 Å². The third-order valence-electron chi connectivity index (χ3n) is 5.47. The Balaban J connectivity index is 1.39. The van der Waals surface area contributed by atoms with Crippen molar-refractivity contribution in [2.24, 2.45) is 0 Å². The van der Waals surface area contributed by atoms with E-state index in [0.717, 1.165) is 30.3 Å². The molecule has 4 aromatic rings. The Kier molecular flexibility index (Phi) is 5.37. The summed E-state index contributed by atoms with van der Waals surface area (Å²) in [6.45, 7) is 0.593. The van der Waals surface area contributed by atoms with E-state index in [4.69, 9.17) is 14.6 Å². The average Bonchev–Trinajstić information content (AvgIpc) is 3.17. The zero-order chi connectivity index (χ0) is 21.4. The van der Waals surface area contributed by atoms with Gasteiger partial charge < -0.3 is 9.47 Å². The van der Waals surface area contributed by atoms with Crippen LogP contribution in [0.2, 0.25) is 0 Å². The lowest BCUT2D eigenvalue weighted by molar-refractivity contribution is -0.0220. The molecule has 158 valence electrons. The van der Waals surface area contributed by atoms with Crippen LogP contribution in [0.3, 0.4) is 0 Å². The van der Waals surface area contributed by atoms with Crippen LogP contribution in [0.1, 0.15) is 30.0 Å². The Hall–Kier alpha value is -2.91. The summed E-state index contributed by atoms with van der Waals surface area (Å²) in [6.07, 6.45) is 4.54. The lowest BCUT2D eigenvalue weighted by Gasteiger charge is -2.35. The van der Waals surface area contributed by atoms with E-state index in [-0.39, 0.29) is 17.7 Å². The number of imidazole rings is 1. The molecule has 0 amide bonds. The first-order chi connectivity index (χ1) is 15.1. The third kappa shape index (κ3) is 3.90. The Bertz CT molecular complexity index is 1230. The first-order valence-electron chi connectivity index (χ1n) is 9.89. The molecular weight excluding hydrogens is 465 g/mol. The summed E-state index contributed by atoms with van der Waals surface area (Å²) in [5, 5.41) is 4.76. The molecule has 0 unspecified atom stereocenters. The predicted molar refractivity (Wildman–Crippen MR) is 115 cm³/mol. The molecule has 0 aliphatic heterocycles. The molecule has 1 saturated carbocycles. The monoisotopic (exact) mass is 483 g/mol. The molecule has 9 heteroatoms. The molecule has 7 nitrogen and oxygen atoms in total. The average molecular weight is 484 g/mol. The Morgan fingerprint density at radius 2 is 1.97 bits per heavy atom. The van der Waals surface area contributed by atoms with Crippen LogP contribution in [-0.2, 0) is 11.3 Å². The Morgan fingerprint density at radius 3 is 2.74 bits per heavy atom. The van der Waals surface area contributed by atoms with E-state index >= 15 is 0 Å². The number of hydrogen-bond acceptors (Lipinski definition) is 6. The van der Waals surface area contributed by atoms with Crippen molar-refractivity contribution in [3.8, 4) is 17.1 Å². The van der Waals surface area contributed by atoms with Gasteiger partial charge in [0.15, 0.2) is 16.2 Å². The van der Waals surface area contributed by atoms with Gasteiger partial charge in [0.2, 0.25) is 0 Å². The molecule has 1 aromatic carbocycles.